The Morgan fingerprint density at radius 2 is 1.37 bits per heavy atom. The van der Waals surface area contributed by atoms with Gasteiger partial charge in [-0.3, -0.25) is 0 Å². The normalized spacial score (nSPS) is 14.9. The van der Waals surface area contributed by atoms with Crippen LogP contribution < -0.4 is 4.74 Å². The van der Waals surface area contributed by atoms with Crippen LogP contribution in [-0.2, 0) is 14.3 Å². The highest BCUT2D eigenvalue weighted by Crippen LogP contribution is 2.44. The van der Waals surface area contributed by atoms with Crippen molar-refractivity contribution in [1.29, 1.82) is 0 Å². The number of halogens is 8. The molecule has 27 heavy (non-hydrogen) atoms. The maximum Gasteiger partial charge on any atom is 0.378 e. The van der Waals surface area contributed by atoms with Crippen LogP contribution in [0.3, 0.4) is 0 Å². The van der Waals surface area contributed by atoms with Gasteiger partial charge in [0.2, 0.25) is 6.17 Å². The van der Waals surface area contributed by atoms with E-state index in [-0.39, 0.29) is 11.8 Å². The van der Waals surface area contributed by atoms with Crippen LogP contribution in [0.15, 0.2) is 42.5 Å². The molecule has 0 aliphatic heterocycles. The summed E-state index contributed by atoms with van der Waals surface area (Å²) in [7, 11) is 0. The molecule has 12 heteroatoms. The third kappa shape index (κ3) is 5.66. The summed E-state index contributed by atoms with van der Waals surface area (Å²) in [4.78, 5) is 22.4. The minimum absolute atomic E-state index is 0.0241. The molecule has 0 spiro atoms. The Balaban J connectivity index is 2.70. The second kappa shape index (κ2) is 8.82. The van der Waals surface area contributed by atoms with Crippen molar-refractivity contribution >= 4 is 11.9 Å². The van der Waals surface area contributed by atoms with Gasteiger partial charge in [0.05, 0.1) is 0 Å². The molecule has 0 aliphatic carbocycles. The van der Waals surface area contributed by atoms with Crippen LogP contribution >= 0.6 is 0 Å². The largest absolute Gasteiger partial charge is 0.423 e. The molecule has 2 atom stereocenters. The van der Waals surface area contributed by atoms with E-state index < -0.39 is 42.7 Å². The molecule has 0 bridgehead atoms. The molecule has 4 nitrogen and oxygen atoms in total. The Kier molecular flexibility index (Phi) is 7.31. The number of carbonyl (C=O) groups excluding carboxylic acids is 2. The standard InChI is InChI=1S/C15H10F8O4/c16-11(12(17)18)14(20,21)15(22,23)13(19)27-10(25)7-6-9(24)26-8-4-2-1-3-5-8/h1-7,11-13H. The lowest BCUT2D eigenvalue weighted by Gasteiger charge is -2.30. The minimum atomic E-state index is -6.17. The highest BCUT2D eigenvalue weighted by Gasteiger charge is 2.70. The predicted molar refractivity (Wildman–Crippen MR) is 73.0 cm³/mol. The highest BCUT2D eigenvalue weighted by molar-refractivity contribution is 5.92. The summed E-state index contributed by atoms with van der Waals surface area (Å²) >= 11 is 0. The van der Waals surface area contributed by atoms with Crippen LogP contribution in [0.5, 0.6) is 5.75 Å². The maximum atomic E-state index is 13.2. The van der Waals surface area contributed by atoms with Gasteiger partial charge in [-0.05, 0) is 12.1 Å². The van der Waals surface area contributed by atoms with E-state index in [1.54, 1.807) is 6.07 Å². The molecule has 0 aromatic heterocycles. The van der Waals surface area contributed by atoms with Crippen molar-refractivity contribution in [3.8, 4) is 5.75 Å². The van der Waals surface area contributed by atoms with E-state index in [9.17, 15) is 44.7 Å². The van der Waals surface area contributed by atoms with Gasteiger partial charge in [0.1, 0.15) is 5.75 Å². The smallest absolute Gasteiger partial charge is 0.378 e. The molecular formula is C15H10F8O4. The van der Waals surface area contributed by atoms with Gasteiger partial charge in [-0.15, -0.1) is 0 Å². The SMILES string of the molecule is O=C(C=CC(=O)OC(F)C(F)(F)C(F)(F)C(F)C(F)F)Oc1ccccc1. The molecule has 0 N–H and O–H groups in total. The number of hydrogen-bond donors (Lipinski definition) is 0. The number of ether oxygens (including phenoxy) is 2. The van der Waals surface area contributed by atoms with E-state index in [1.165, 1.54) is 24.3 Å². The molecule has 0 saturated heterocycles. The fourth-order valence-electron chi connectivity index (χ4n) is 1.48. The summed E-state index contributed by atoms with van der Waals surface area (Å²) in [5.41, 5.74) is 0. The average molecular weight is 406 g/mol. The lowest BCUT2D eigenvalue weighted by molar-refractivity contribution is -0.312. The number of rotatable bonds is 8. The fourth-order valence-corrected chi connectivity index (χ4v) is 1.48. The molecule has 2 unspecified atom stereocenters. The summed E-state index contributed by atoms with van der Waals surface area (Å²) in [6.45, 7) is 0. The molecule has 0 heterocycles. The Labute approximate surface area is 146 Å². The number of alkyl halides is 8. The third-order valence-corrected chi connectivity index (χ3v) is 2.83. The number of para-hydroxylation sites is 1. The van der Waals surface area contributed by atoms with Gasteiger partial charge >= 0.3 is 30.1 Å². The van der Waals surface area contributed by atoms with Crippen LogP contribution in [0.1, 0.15) is 0 Å². The van der Waals surface area contributed by atoms with Crippen molar-refractivity contribution in [2.45, 2.75) is 30.8 Å². The lowest BCUT2D eigenvalue weighted by Crippen LogP contribution is -2.56. The van der Waals surface area contributed by atoms with Crippen molar-refractivity contribution in [2.75, 3.05) is 0 Å². The molecule has 0 amide bonds. The first-order valence-electron chi connectivity index (χ1n) is 6.87. The Bertz CT molecular complexity index is 678. The number of esters is 2. The van der Waals surface area contributed by atoms with Gasteiger partial charge in [-0.25, -0.2) is 22.8 Å². The Hall–Kier alpha value is -2.66. The molecule has 1 aromatic rings. The average Bonchev–Trinajstić information content (AvgIpc) is 2.59. The van der Waals surface area contributed by atoms with E-state index >= 15 is 0 Å². The van der Waals surface area contributed by atoms with Gasteiger partial charge in [0.25, 0.3) is 6.43 Å². The molecule has 0 aliphatic rings. The van der Waals surface area contributed by atoms with Crippen LogP contribution in [0.25, 0.3) is 0 Å². The molecule has 1 aromatic carbocycles. The van der Waals surface area contributed by atoms with Crippen molar-refractivity contribution in [3.05, 3.63) is 42.5 Å². The summed E-state index contributed by atoms with van der Waals surface area (Å²) in [6.07, 6.45) is -13.4. The van der Waals surface area contributed by atoms with Gasteiger partial charge < -0.3 is 9.47 Å². The lowest BCUT2D eigenvalue weighted by atomic mass is 10.1. The van der Waals surface area contributed by atoms with Crippen molar-refractivity contribution < 1.29 is 54.2 Å². The Morgan fingerprint density at radius 3 is 1.89 bits per heavy atom. The van der Waals surface area contributed by atoms with E-state index in [0.717, 1.165) is 0 Å². The number of carbonyl (C=O) groups is 2. The van der Waals surface area contributed by atoms with Gasteiger partial charge in [-0.2, -0.15) is 22.0 Å². The zero-order valence-electron chi connectivity index (χ0n) is 12.9. The predicted octanol–water partition coefficient (Wildman–Crippen LogP) is 3.86. The fraction of sp³-hybridized carbons (Fsp3) is 0.333. The van der Waals surface area contributed by atoms with Crippen molar-refractivity contribution in [3.63, 3.8) is 0 Å². The summed E-state index contributed by atoms with van der Waals surface area (Å²) in [6, 6.07) is 7.21. The first kappa shape index (κ1) is 22.4. The van der Waals surface area contributed by atoms with Crippen LogP contribution in [-0.4, -0.2) is 42.7 Å². The van der Waals surface area contributed by atoms with E-state index in [4.69, 9.17) is 0 Å². The number of benzene rings is 1. The Morgan fingerprint density at radius 1 is 0.852 bits per heavy atom. The van der Waals surface area contributed by atoms with E-state index in [2.05, 4.69) is 9.47 Å². The maximum absolute atomic E-state index is 13.2. The molecule has 0 fully saturated rings. The van der Waals surface area contributed by atoms with Crippen molar-refractivity contribution in [2.24, 2.45) is 0 Å². The molecular weight excluding hydrogens is 396 g/mol. The summed E-state index contributed by atoms with van der Waals surface area (Å²) < 4.78 is 110. The van der Waals surface area contributed by atoms with Gasteiger partial charge in [0.15, 0.2) is 0 Å². The van der Waals surface area contributed by atoms with E-state index in [0.29, 0.717) is 6.08 Å². The second-order valence-corrected chi connectivity index (χ2v) is 4.80. The monoisotopic (exact) mass is 406 g/mol. The van der Waals surface area contributed by atoms with Crippen LogP contribution in [0, 0.1) is 0 Å². The summed E-state index contributed by atoms with van der Waals surface area (Å²) in [5.74, 6) is -15.5. The van der Waals surface area contributed by atoms with Gasteiger partial charge in [-0.1, -0.05) is 18.2 Å². The molecule has 150 valence electrons. The third-order valence-electron chi connectivity index (χ3n) is 2.83. The van der Waals surface area contributed by atoms with Gasteiger partial charge in [0, 0.05) is 12.2 Å². The first-order chi connectivity index (χ1) is 12.4. The van der Waals surface area contributed by atoms with E-state index in [1.807, 2.05) is 0 Å². The molecule has 0 saturated carbocycles. The van der Waals surface area contributed by atoms with Crippen LogP contribution in [0.2, 0.25) is 0 Å². The summed E-state index contributed by atoms with van der Waals surface area (Å²) in [5, 5.41) is 0. The first-order valence-corrected chi connectivity index (χ1v) is 6.87. The van der Waals surface area contributed by atoms with Crippen LogP contribution in [0.4, 0.5) is 35.1 Å². The highest BCUT2D eigenvalue weighted by atomic mass is 19.3. The molecule has 0 radical (unpaired) electrons. The quantitative estimate of drug-likeness (QED) is 0.285. The van der Waals surface area contributed by atoms with Crippen molar-refractivity contribution in [1.82, 2.24) is 0 Å². The second-order valence-electron chi connectivity index (χ2n) is 4.80. The zero-order valence-corrected chi connectivity index (χ0v) is 12.9. The topological polar surface area (TPSA) is 52.6 Å². The zero-order chi connectivity index (χ0) is 20.8. The molecule has 1 rings (SSSR count). The minimum Gasteiger partial charge on any atom is -0.423 e. The number of hydrogen-bond acceptors (Lipinski definition) is 4.